The molecule has 1 saturated heterocycles. The molecule has 1 N–H and O–H groups in total. The van der Waals surface area contributed by atoms with Crippen molar-refractivity contribution in [2.45, 2.75) is 6.92 Å². The minimum absolute atomic E-state index is 0.187. The van der Waals surface area contributed by atoms with Crippen molar-refractivity contribution in [3.05, 3.63) is 48.2 Å². The number of anilines is 2. The number of carbonyl (C=O) groups is 2. The number of morpholine rings is 1. The number of nitrogens with zero attached hydrogens (tertiary/aromatic N) is 2. The van der Waals surface area contributed by atoms with Gasteiger partial charge in [0, 0.05) is 30.7 Å². The molecule has 0 radical (unpaired) electrons. The number of benzene rings is 1. The fourth-order valence-corrected chi connectivity index (χ4v) is 2.78. The lowest BCUT2D eigenvalue weighted by Crippen LogP contribution is -2.36. The first-order chi connectivity index (χ1) is 13.7. The maximum atomic E-state index is 12.2. The Hall–Kier alpha value is -3.13. The van der Waals surface area contributed by atoms with Crippen LogP contribution in [0.3, 0.4) is 0 Å². The van der Waals surface area contributed by atoms with Gasteiger partial charge in [-0.15, -0.1) is 0 Å². The number of amides is 1. The molecule has 1 fully saturated rings. The van der Waals surface area contributed by atoms with Crippen molar-refractivity contribution in [3.8, 4) is 5.88 Å². The molecule has 0 unspecified atom stereocenters. The SMILES string of the molecule is CCOc1ncccc1C(=O)OCC(=O)Nc1ccc(N2CCOCC2)cc1. The summed E-state index contributed by atoms with van der Waals surface area (Å²) in [5.41, 5.74) is 1.90. The van der Waals surface area contributed by atoms with Gasteiger partial charge in [-0.05, 0) is 43.3 Å². The molecule has 0 atom stereocenters. The van der Waals surface area contributed by atoms with Crippen LogP contribution in [0, 0.1) is 0 Å². The van der Waals surface area contributed by atoms with Gasteiger partial charge >= 0.3 is 5.97 Å². The highest BCUT2D eigenvalue weighted by atomic mass is 16.5. The number of carbonyl (C=O) groups excluding carboxylic acids is 2. The van der Waals surface area contributed by atoms with Gasteiger partial charge in [-0.2, -0.15) is 0 Å². The van der Waals surface area contributed by atoms with E-state index in [0.29, 0.717) is 25.5 Å². The van der Waals surface area contributed by atoms with Crippen molar-refractivity contribution in [3.63, 3.8) is 0 Å². The molecule has 1 aliphatic heterocycles. The number of aromatic nitrogens is 1. The monoisotopic (exact) mass is 385 g/mol. The number of nitrogens with one attached hydrogen (secondary N) is 1. The van der Waals surface area contributed by atoms with Crippen LogP contribution < -0.4 is 15.0 Å². The van der Waals surface area contributed by atoms with Gasteiger partial charge in [0.15, 0.2) is 6.61 Å². The summed E-state index contributed by atoms with van der Waals surface area (Å²) in [7, 11) is 0. The summed E-state index contributed by atoms with van der Waals surface area (Å²) < 4.78 is 15.7. The Balaban J connectivity index is 1.51. The summed E-state index contributed by atoms with van der Waals surface area (Å²) in [6.45, 7) is 4.89. The van der Waals surface area contributed by atoms with Gasteiger partial charge in [-0.25, -0.2) is 9.78 Å². The summed E-state index contributed by atoms with van der Waals surface area (Å²) in [6.07, 6.45) is 1.52. The topological polar surface area (TPSA) is 90.0 Å². The average Bonchev–Trinajstić information content (AvgIpc) is 2.74. The second-order valence-electron chi connectivity index (χ2n) is 6.06. The van der Waals surface area contributed by atoms with Gasteiger partial charge in [0.2, 0.25) is 5.88 Å². The highest BCUT2D eigenvalue weighted by molar-refractivity contribution is 5.96. The summed E-state index contributed by atoms with van der Waals surface area (Å²) in [5, 5.41) is 2.71. The molecule has 0 aliphatic carbocycles. The molecule has 1 aromatic heterocycles. The maximum Gasteiger partial charge on any atom is 0.344 e. The van der Waals surface area contributed by atoms with E-state index in [1.165, 1.54) is 6.20 Å². The molecule has 1 aliphatic rings. The Kier molecular flexibility index (Phi) is 6.80. The number of hydrogen-bond acceptors (Lipinski definition) is 7. The van der Waals surface area contributed by atoms with E-state index in [-0.39, 0.29) is 11.4 Å². The molecule has 1 amide bonds. The van der Waals surface area contributed by atoms with Crippen LogP contribution in [0.15, 0.2) is 42.6 Å². The smallest absolute Gasteiger partial charge is 0.344 e. The average molecular weight is 385 g/mol. The molecule has 1 aromatic carbocycles. The van der Waals surface area contributed by atoms with E-state index in [9.17, 15) is 9.59 Å². The first-order valence-electron chi connectivity index (χ1n) is 9.15. The second kappa shape index (κ2) is 9.70. The van der Waals surface area contributed by atoms with E-state index in [0.717, 1.165) is 18.8 Å². The van der Waals surface area contributed by atoms with Gasteiger partial charge in [0.25, 0.3) is 5.91 Å². The Labute approximate surface area is 163 Å². The van der Waals surface area contributed by atoms with Gasteiger partial charge in [-0.3, -0.25) is 4.79 Å². The predicted octanol–water partition coefficient (Wildman–Crippen LogP) is 2.11. The lowest BCUT2D eigenvalue weighted by atomic mass is 10.2. The number of pyridine rings is 1. The Bertz CT molecular complexity index is 804. The molecule has 0 spiro atoms. The molecule has 2 aromatic rings. The van der Waals surface area contributed by atoms with Crippen LogP contribution in [-0.4, -0.2) is 56.4 Å². The Morgan fingerprint density at radius 2 is 1.93 bits per heavy atom. The van der Waals surface area contributed by atoms with Crippen molar-refractivity contribution >= 4 is 23.3 Å². The van der Waals surface area contributed by atoms with Crippen molar-refractivity contribution < 1.29 is 23.8 Å². The summed E-state index contributed by atoms with van der Waals surface area (Å²) in [6, 6.07) is 10.7. The minimum atomic E-state index is -0.658. The van der Waals surface area contributed by atoms with Gasteiger partial charge in [0.1, 0.15) is 5.56 Å². The highest BCUT2D eigenvalue weighted by Gasteiger charge is 2.16. The first kappa shape index (κ1) is 19.6. The lowest BCUT2D eigenvalue weighted by molar-refractivity contribution is -0.119. The zero-order valence-electron chi connectivity index (χ0n) is 15.7. The van der Waals surface area contributed by atoms with E-state index in [4.69, 9.17) is 14.2 Å². The van der Waals surface area contributed by atoms with Crippen LogP contribution in [0.4, 0.5) is 11.4 Å². The fraction of sp³-hybridized carbons (Fsp3) is 0.350. The standard InChI is InChI=1S/C20H23N3O5/c1-2-27-19-17(4-3-9-21-19)20(25)28-14-18(24)22-15-5-7-16(8-6-15)23-10-12-26-13-11-23/h3-9H,2,10-14H2,1H3,(H,22,24). The number of hydrogen-bond donors (Lipinski definition) is 1. The van der Waals surface area contributed by atoms with Crippen molar-refractivity contribution in [1.82, 2.24) is 4.98 Å². The molecule has 8 heteroatoms. The van der Waals surface area contributed by atoms with Gasteiger partial charge < -0.3 is 24.4 Å². The first-order valence-corrected chi connectivity index (χ1v) is 9.15. The van der Waals surface area contributed by atoms with Gasteiger partial charge in [-0.1, -0.05) is 0 Å². The van der Waals surface area contributed by atoms with Crippen molar-refractivity contribution in [1.29, 1.82) is 0 Å². The molecule has 0 saturated carbocycles. The molecule has 8 nitrogen and oxygen atoms in total. The number of ether oxygens (including phenoxy) is 3. The van der Waals surface area contributed by atoms with E-state index >= 15 is 0 Å². The summed E-state index contributed by atoms with van der Waals surface area (Å²) in [4.78, 5) is 30.5. The van der Waals surface area contributed by atoms with Crippen LogP contribution in [0.1, 0.15) is 17.3 Å². The van der Waals surface area contributed by atoms with Crippen LogP contribution in [0.5, 0.6) is 5.88 Å². The fourth-order valence-electron chi connectivity index (χ4n) is 2.78. The lowest BCUT2D eigenvalue weighted by Gasteiger charge is -2.28. The maximum absolute atomic E-state index is 12.2. The van der Waals surface area contributed by atoms with E-state index in [2.05, 4.69) is 15.2 Å². The zero-order valence-corrected chi connectivity index (χ0v) is 15.7. The van der Waals surface area contributed by atoms with E-state index < -0.39 is 18.5 Å². The van der Waals surface area contributed by atoms with E-state index in [1.807, 2.05) is 24.3 Å². The Morgan fingerprint density at radius 3 is 2.64 bits per heavy atom. The van der Waals surface area contributed by atoms with Gasteiger partial charge in [0.05, 0.1) is 19.8 Å². The van der Waals surface area contributed by atoms with Crippen LogP contribution in [-0.2, 0) is 14.3 Å². The molecule has 28 heavy (non-hydrogen) atoms. The third kappa shape index (κ3) is 5.20. The third-order valence-corrected chi connectivity index (χ3v) is 4.13. The number of esters is 1. The van der Waals surface area contributed by atoms with Crippen molar-refractivity contribution in [2.75, 3.05) is 49.7 Å². The third-order valence-electron chi connectivity index (χ3n) is 4.13. The Morgan fingerprint density at radius 1 is 1.18 bits per heavy atom. The van der Waals surface area contributed by atoms with Crippen LogP contribution in [0.25, 0.3) is 0 Å². The van der Waals surface area contributed by atoms with E-state index in [1.54, 1.807) is 19.1 Å². The molecule has 3 rings (SSSR count). The zero-order chi connectivity index (χ0) is 19.8. The molecular formula is C20H23N3O5. The summed E-state index contributed by atoms with van der Waals surface area (Å²) in [5.74, 6) is -0.891. The molecular weight excluding hydrogens is 362 g/mol. The minimum Gasteiger partial charge on any atom is -0.477 e. The van der Waals surface area contributed by atoms with Crippen LogP contribution in [0.2, 0.25) is 0 Å². The normalized spacial score (nSPS) is 13.7. The molecule has 0 bridgehead atoms. The molecule has 2 heterocycles. The van der Waals surface area contributed by atoms with Crippen LogP contribution >= 0.6 is 0 Å². The quantitative estimate of drug-likeness (QED) is 0.730. The highest BCUT2D eigenvalue weighted by Crippen LogP contribution is 2.19. The predicted molar refractivity (Wildman–Crippen MR) is 104 cm³/mol. The largest absolute Gasteiger partial charge is 0.477 e. The van der Waals surface area contributed by atoms with Crippen molar-refractivity contribution in [2.24, 2.45) is 0 Å². The molecule has 148 valence electrons. The number of rotatable bonds is 7. The summed E-state index contributed by atoms with van der Waals surface area (Å²) >= 11 is 0. The second-order valence-corrected chi connectivity index (χ2v) is 6.06.